The van der Waals surface area contributed by atoms with E-state index in [0.717, 1.165) is 18.4 Å². The Morgan fingerprint density at radius 3 is 2.37 bits per heavy atom. The van der Waals surface area contributed by atoms with Gasteiger partial charge in [0.25, 0.3) is 5.91 Å². The van der Waals surface area contributed by atoms with E-state index in [1.807, 2.05) is 6.92 Å². The molecule has 0 unspecified atom stereocenters. The minimum atomic E-state index is -3.51. The predicted octanol–water partition coefficient (Wildman–Crippen LogP) is 3.35. The first-order valence-corrected chi connectivity index (χ1v) is 10.9. The molecule has 0 radical (unpaired) electrons. The number of amides is 1. The van der Waals surface area contributed by atoms with E-state index in [9.17, 15) is 13.2 Å². The first-order valence-electron chi connectivity index (χ1n) is 9.43. The third-order valence-corrected chi connectivity index (χ3v) is 6.54. The summed E-state index contributed by atoms with van der Waals surface area (Å²) in [6.07, 6.45) is 4.71. The zero-order valence-electron chi connectivity index (χ0n) is 15.8. The van der Waals surface area contributed by atoms with E-state index < -0.39 is 10.0 Å². The number of fused-ring (bicyclic) bond motifs is 1. The monoisotopic (exact) mass is 386 g/mol. The SMILES string of the molecule is CCNS(=O)(=O)c1ccc(C(=O)N[C@H](C)c2ccc3c(c2)CCCC3)cc1. The minimum absolute atomic E-state index is 0.116. The van der Waals surface area contributed by atoms with Gasteiger partial charge in [0, 0.05) is 12.1 Å². The summed E-state index contributed by atoms with van der Waals surface area (Å²) in [5, 5.41) is 3.00. The van der Waals surface area contributed by atoms with Crippen LogP contribution in [0, 0.1) is 0 Å². The Hall–Kier alpha value is -2.18. The molecule has 1 aliphatic carbocycles. The second-order valence-corrected chi connectivity index (χ2v) is 8.72. The van der Waals surface area contributed by atoms with Gasteiger partial charge >= 0.3 is 0 Å². The van der Waals surface area contributed by atoms with Gasteiger partial charge in [-0.15, -0.1) is 0 Å². The maximum absolute atomic E-state index is 12.5. The van der Waals surface area contributed by atoms with E-state index in [1.54, 1.807) is 19.1 Å². The van der Waals surface area contributed by atoms with Crippen LogP contribution in [0.25, 0.3) is 0 Å². The first kappa shape index (κ1) is 19.6. The number of sulfonamides is 1. The summed E-state index contributed by atoms with van der Waals surface area (Å²) in [7, 11) is -3.51. The number of hydrogen-bond acceptors (Lipinski definition) is 3. The van der Waals surface area contributed by atoms with E-state index in [2.05, 4.69) is 28.2 Å². The standard InChI is InChI=1S/C21H26N2O3S/c1-3-22-27(25,26)20-12-10-17(11-13-20)21(24)23-15(2)18-9-8-16-6-4-5-7-19(16)14-18/h8-15,22H,3-7H2,1-2H3,(H,23,24)/t15-/m1/s1. The molecule has 1 amide bonds. The molecule has 144 valence electrons. The zero-order valence-corrected chi connectivity index (χ0v) is 16.6. The van der Waals surface area contributed by atoms with Gasteiger partial charge in [0.1, 0.15) is 0 Å². The zero-order chi connectivity index (χ0) is 19.4. The predicted molar refractivity (Wildman–Crippen MR) is 106 cm³/mol. The van der Waals surface area contributed by atoms with Crippen molar-refractivity contribution < 1.29 is 13.2 Å². The van der Waals surface area contributed by atoms with Crippen molar-refractivity contribution >= 4 is 15.9 Å². The number of rotatable bonds is 6. The molecule has 2 aromatic rings. The first-order chi connectivity index (χ1) is 12.9. The Kier molecular flexibility index (Phi) is 5.97. The van der Waals surface area contributed by atoms with E-state index >= 15 is 0 Å². The molecular weight excluding hydrogens is 360 g/mol. The van der Waals surface area contributed by atoms with Gasteiger partial charge in [-0.1, -0.05) is 25.1 Å². The van der Waals surface area contributed by atoms with E-state index in [-0.39, 0.29) is 16.8 Å². The number of benzene rings is 2. The average Bonchev–Trinajstić information content (AvgIpc) is 2.67. The third-order valence-electron chi connectivity index (χ3n) is 4.98. The minimum Gasteiger partial charge on any atom is -0.346 e. The number of aryl methyl sites for hydroxylation is 2. The number of carbonyl (C=O) groups excluding carboxylic acids is 1. The molecule has 2 N–H and O–H groups in total. The van der Waals surface area contributed by atoms with Crippen molar-refractivity contribution in [2.24, 2.45) is 0 Å². The fraction of sp³-hybridized carbons (Fsp3) is 0.381. The lowest BCUT2D eigenvalue weighted by Crippen LogP contribution is -2.27. The average molecular weight is 387 g/mol. The van der Waals surface area contributed by atoms with Crippen LogP contribution in [-0.4, -0.2) is 20.9 Å². The van der Waals surface area contributed by atoms with Crippen LogP contribution in [0.5, 0.6) is 0 Å². The molecule has 0 fully saturated rings. The van der Waals surface area contributed by atoms with Gasteiger partial charge < -0.3 is 5.32 Å². The molecule has 0 heterocycles. The molecule has 27 heavy (non-hydrogen) atoms. The van der Waals surface area contributed by atoms with Gasteiger partial charge in [-0.25, -0.2) is 13.1 Å². The topological polar surface area (TPSA) is 75.3 Å². The molecule has 0 spiro atoms. The quantitative estimate of drug-likeness (QED) is 0.799. The molecular formula is C21H26N2O3S. The Labute approximate surface area is 161 Å². The lowest BCUT2D eigenvalue weighted by Gasteiger charge is -2.20. The summed E-state index contributed by atoms with van der Waals surface area (Å²) in [5.41, 5.74) is 4.34. The molecule has 0 saturated carbocycles. The molecule has 0 aromatic heterocycles. The molecule has 6 heteroatoms. The van der Waals surface area contributed by atoms with Crippen LogP contribution in [0.15, 0.2) is 47.4 Å². The maximum atomic E-state index is 12.5. The van der Waals surface area contributed by atoms with Crippen LogP contribution in [-0.2, 0) is 22.9 Å². The van der Waals surface area contributed by atoms with E-state index in [1.165, 1.54) is 36.1 Å². The van der Waals surface area contributed by atoms with Crippen molar-refractivity contribution in [3.05, 3.63) is 64.7 Å². The lowest BCUT2D eigenvalue weighted by atomic mass is 9.89. The van der Waals surface area contributed by atoms with Crippen molar-refractivity contribution in [1.82, 2.24) is 10.0 Å². The van der Waals surface area contributed by atoms with Crippen molar-refractivity contribution in [2.45, 2.75) is 50.5 Å². The third kappa shape index (κ3) is 4.57. The van der Waals surface area contributed by atoms with E-state index in [0.29, 0.717) is 12.1 Å². The summed E-state index contributed by atoms with van der Waals surface area (Å²) < 4.78 is 26.4. The Balaban J connectivity index is 1.69. The molecule has 0 bridgehead atoms. The fourth-order valence-electron chi connectivity index (χ4n) is 3.44. The number of carbonyl (C=O) groups is 1. The van der Waals surface area contributed by atoms with E-state index in [4.69, 9.17) is 0 Å². The van der Waals surface area contributed by atoms with Gasteiger partial charge in [0.2, 0.25) is 10.0 Å². The highest BCUT2D eigenvalue weighted by molar-refractivity contribution is 7.89. The largest absolute Gasteiger partial charge is 0.346 e. The second-order valence-electron chi connectivity index (χ2n) is 6.96. The second kappa shape index (κ2) is 8.23. The summed E-state index contributed by atoms with van der Waals surface area (Å²) >= 11 is 0. The molecule has 0 saturated heterocycles. The normalized spacial score (nSPS) is 15.0. The van der Waals surface area contributed by atoms with Crippen LogP contribution in [0.1, 0.15) is 59.8 Å². The van der Waals surface area contributed by atoms with Crippen molar-refractivity contribution in [3.63, 3.8) is 0 Å². The van der Waals surface area contributed by atoms with Gasteiger partial charge in [-0.2, -0.15) is 0 Å². The fourth-order valence-corrected chi connectivity index (χ4v) is 4.49. The van der Waals surface area contributed by atoms with Gasteiger partial charge in [-0.3, -0.25) is 4.79 Å². The van der Waals surface area contributed by atoms with Crippen LogP contribution in [0.4, 0.5) is 0 Å². The van der Waals surface area contributed by atoms with Crippen molar-refractivity contribution in [2.75, 3.05) is 6.54 Å². The molecule has 2 aromatic carbocycles. The summed E-state index contributed by atoms with van der Waals surface area (Å²) in [6, 6.07) is 12.3. The Bertz CT molecular complexity index is 921. The van der Waals surface area contributed by atoms with Crippen molar-refractivity contribution in [1.29, 1.82) is 0 Å². The van der Waals surface area contributed by atoms with Gasteiger partial charge in [-0.05, 0) is 73.6 Å². The molecule has 0 aliphatic heterocycles. The highest BCUT2D eigenvalue weighted by Gasteiger charge is 2.17. The maximum Gasteiger partial charge on any atom is 0.251 e. The number of hydrogen-bond donors (Lipinski definition) is 2. The van der Waals surface area contributed by atoms with Gasteiger partial charge in [0.15, 0.2) is 0 Å². The molecule has 1 atom stereocenters. The van der Waals surface area contributed by atoms with Gasteiger partial charge in [0.05, 0.1) is 10.9 Å². The Morgan fingerprint density at radius 2 is 1.70 bits per heavy atom. The summed E-state index contributed by atoms with van der Waals surface area (Å²) in [4.78, 5) is 12.7. The number of nitrogens with one attached hydrogen (secondary N) is 2. The highest BCUT2D eigenvalue weighted by atomic mass is 32.2. The molecule has 1 aliphatic rings. The van der Waals surface area contributed by atoms with Crippen molar-refractivity contribution in [3.8, 4) is 0 Å². The van der Waals surface area contributed by atoms with Crippen LogP contribution >= 0.6 is 0 Å². The van der Waals surface area contributed by atoms with Crippen LogP contribution in [0.2, 0.25) is 0 Å². The summed E-state index contributed by atoms with van der Waals surface area (Å²) in [6.45, 7) is 4.01. The summed E-state index contributed by atoms with van der Waals surface area (Å²) in [5.74, 6) is -0.215. The highest BCUT2D eigenvalue weighted by Crippen LogP contribution is 2.25. The molecule has 3 rings (SSSR count). The Morgan fingerprint density at radius 1 is 1.04 bits per heavy atom. The van der Waals surface area contributed by atoms with Crippen LogP contribution in [0.3, 0.4) is 0 Å². The lowest BCUT2D eigenvalue weighted by molar-refractivity contribution is 0.0939. The molecule has 5 nitrogen and oxygen atoms in total. The van der Waals surface area contributed by atoms with Crippen LogP contribution < -0.4 is 10.0 Å². The smallest absolute Gasteiger partial charge is 0.251 e.